The molecule has 1 aliphatic carbocycles. The Labute approximate surface area is 256 Å². The molecule has 6 rings (SSSR count). The topological polar surface area (TPSA) is 180 Å². The van der Waals surface area contributed by atoms with E-state index in [1.54, 1.807) is 11.5 Å². The van der Waals surface area contributed by atoms with Crippen molar-refractivity contribution in [3.05, 3.63) is 34.0 Å². The van der Waals surface area contributed by atoms with Crippen molar-refractivity contribution >= 4 is 57.6 Å². The highest BCUT2D eigenvalue weighted by Crippen LogP contribution is 2.41. The first-order valence-corrected chi connectivity index (χ1v) is 16.6. The van der Waals surface area contributed by atoms with E-state index < -0.39 is 29.2 Å². The van der Waals surface area contributed by atoms with Crippen LogP contribution in [-0.4, -0.2) is 98.7 Å². The molecule has 5 N–H and O–H groups in total. The molecule has 1 saturated carbocycles. The molecule has 13 nitrogen and oxygen atoms in total. The summed E-state index contributed by atoms with van der Waals surface area (Å²) in [6.45, 7) is 3.22. The first-order valence-electron chi connectivity index (χ1n) is 14.7. The van der Waals surface area contributed by atoms with Gasteiger partial charge in [-0.25, -0.2) is 9.78 Å². The predicted octanol–water partition coefficient (Wildman–Crippen LogP) is 1.29. The molecule has 0 radical (unpaired) electrons. The Kier molecular flexibility index (Phi) is 8.73. The maximum absolute atomic E-state index is 13.3. The highest BCUT2D eigenvalue weighted by atomic mass is 32.2. The minimum atomic E-state index is -1.25. The van der Waals surface area contributed by atoms with E-state index in [4.69, 9.17) is 10.6 Å². The second-order valence-electron chi connectivity index (χ2n) is 11.4. The fraction of sp³-hybridized carbons (Fsp3) is 0.571. The number of carbonyl (C=O) groups excluding carboxylic acids is 3. The number of nitrogens with zero attached hydrogens (tertiary/aromatic N) is 4. The molecule has 5 heterocycles. The van der Waals surface area contributed by atoms with Crippen LogP contribution in [0.5, 0.6) is 0 Å². The molecule has 0 aromatic carbocycles. The standard InChI is InChI=1S/C28H35N7O6S2/c29-28-31-19(14-43-28)20(33-41-18-3-1-2-4-18)23(36)32-21-25(38)35-22(27(39)40)17(13-42-26(21)35)11-16-7-10-34(24(16)37)12-15-5-8-30-9-6-15/h11,14-15,18,21,26,30H,1-10,12-13H2,(H2,29,31)(H,32,36)(H,39,40)/b16-11?,33-20-/t21-,26-/m1/s1. The van der Waals surface area contributed by atoms with Crippen LogP contribution >= 0.6 is 23.1 Å². The lowest BCUT2D eigenvalue weighted by Gasteiger charge is -2.49. The summed E-state index contributed by atoms with van der Waals surface area (Å²) in [5.41, 5.74) is 6.77. The molecule has 2 atom stereocenters. The molecule has 4 fully saturated rings. The van der Waals surface area contributed by atoms with Gasteiger partial charge in [0.25, 0.3) is 11.8 Å². The van der Waals surface area contributed by atoms with E-state index in [1.807, 2.05) is 4.90 Å². The Morgan fingerprint density at radius 1 is 1.23 bits per heavy atom. The second kappa shape index (κ2) is 12.7. The number of anilines is 1. The highest BCUT2D eigenvalue weighted by Gasteiger charge is 2.54. The quantitative estimate of drug-likeness (QED) is 0.135. The number of amides is 3. The van der Waals surface area contributed by atoms with Crippen LogP contribution in [0.4, 0.5) is 5.13 Å². The summed E-state index contributed by atoms with van der Waals surface area (Å²) >= 11 is 2.50. The van der Waals surface area contributed by atoms with Crippen molar-refractivity contribution < 1.29 is 29.1 Å². The molecule has 0 spiro atoms. The third-order valence-corrected chi connectivity index (χ3v) is 10.5. The number of fused-ring (bicyclic) bond motifs is 1. The van der Waals surface area contributed by atoms with Gasteiger partial charge < -0.3 is 31.2 Å². The molecule has 1 aromatic rings. The van der Waals surface area contributed by atoms with E-state index in [9.17, 15) is 24.3 Å². The number of thioether (sulfide) groups is 1. The number of hydrogen-bond acceptors (Lipinski definition) is 11. The van der Waals surface area contributed by atoms with Crippen LogP contribution in [0, 0.1) is 5.92 Å². The molecule has 15 heteroatoms. The van der Waals surface area contributed by atoms with Gasteiger partial charge in [-0.15, -0.1) is 23.1 Å². The van der Waals surface area contributed by atoms with Crippen LogP contribution in [-0.2, 0) is 24.0 Å². The van der Waals surface area contributed by atoms with Gasteiger partial charge >= 0.3 is 5.97 Å². The van der Waals surface area contributed by atoms with Gasteiger partial charge in [0.15, 0.2) is 10.8 Å². The first kappa shape index (κ1) is 29.6. The number of likely N-dealkylation sites (tertiary alicyclic amines) is 1. The average molecular weight is 630 g/mol. The fourth-order valence-electron chi connectivity index (χ4n) is 6.25. The van der Waals surface area contributed by atoms with Crippen LogP contribution in [0.2, 0.25) is 0 Å². The van der Waals surface area contributed by atoms with E-state index in [1.165, 1.54) is 16.7 Å². The molecular weight excluding hydrogens is 594 g/mol. The normalized spacial score (nSPS) is 26.2. The van der Waals surface area contributed by atoms with Crippen molar-refractivity contribution in [3.8, 4) is 0 Å². The summed E-state index contributed by atoms with van der Waals surface area (Å²) in [5.74, 6) is -1.78. The third kappa shape index (κ3) is 6.15. The van der Waals surface area contributed by atoms with Gasteiger partial charge in [0.2, 0.25) is 5.91 Å². The second-order valence-corrected chi connectivity index (χ2v) is 13.4. The van der Waals surface area contributed by atoms with Gasteiger partial charge in [-0.2, -0.15) is 0 Å². The lowest BCUT2D eigenvalue weighted by Crippen LogP contribution is -2.71. The van der Waals surface area contributed by atoms with Gasteiger partial charge in [-0.1, -0.05) is 5.16 Å². The number of thiazole rings is 1. The maximum Gasteiger partial charge on any atom is 0.352 e. The molecule has 3 amide bonds. The third-order valence-electron chi connectivity index (χ3n) is 8.56. The van der Waals surface area contributed by atoms with Crippen LogP contribution in [0.15, 0.2) is 33.5 Å². The molecule has 5 aliphatic rings. The van der Waals surface area contributed by atoms with E-state index in [0.29, 0.717) is 36.6 Å². The Morgan fingerprint density at radius 2 is 2.00 bits per heavy atom. The number of aromatic nitrogens is 1. The molecular formula is C28H35N7O6S2. The summed E-state index contributed by atoms with van der Waals surface area (Å²) in [7, 11) is 0. The predicted molar refractivity (Wildman–Crippen MR) is 161 cm³/mol. The van der Waals surface area contributed by atoms with Crippen molar-refractivity contribution in [2.45, 2.75) is 62.5 Å². The van der Waals surface area contributed by atoms with Crippen LogP contribution in [0.1, 0.15) is 50.6 Å². The monoisotopic (exact) mass is 629 g/mol. The van der Waals surface area contributed by atoms with Crippen LogP contribution in [0.25, 0.3) is 0 Å². The number of rotatable bonds is 9. The Bertz CT molecular complexity index is 1400. The number of piperidine rings is 1. The summed E-state index contributed by atoms with van der Waals surface area (Å²) in [6, 6.07) is -0.956. The molecule has 1 aromatic heterocycles. The van der Waals surface area contributed by atoms with Crippen molar-refractivity contribution in [2.75, 3.05) is 37.7 Å². The summed E-state index contributed by atoms with van der Waals surface area (Å²) in [6.07, 6.45) is 7.90. The van der Waals surface area contributed by atoms with Crippen molar-refractivity contribution in [1.82, 2.24) is 25.4 Å². The van der Waals surface area contributed by atoms with Gasteiger partial charge in [0, 0.05) is 29.8 Å². The zero-order valence-electron chi connectivity index (χ0n) is 23.6. The number of nitrogen functional groups attached to an aromatic ring is 1. The number of nitrogens with one attached hydrogen (secondary N) is 2. The van der Waals surface area contributed by atoms with Gasteiger partial charge in [-0.05, 0) is 75.6 Å². The number of nitrogens with two attached hydrogens (primary N) is 1. The number of oxime groups is 1. The summed E-state index contributed by atoms with van der Waals surface area (Å²) < 4.78 is 0. The minimum Gasteiger partial charge on any atom is -0.477 e. The zero-order chi connectivity index (χ0) is 30.1. The summed E-state index contributed by atoms with van der Waals surface area (Å²) in [5, 5.41) is 21.5. The molecule has 3 saturated heterocycles. The van der Waals surface area contributed by atoms with E-state index in [0.717, 1.165) is 63.0 Å². The Balaban J connectivity index is 1.16. The first-order chi connectivity index (χ1) is 20.8. The number of carboxylic acid groups (broad SMARTS) is 1. The highest BCUT2D eigenvalue weighted by molar-refractivity contribution is 8.00. The van der Waals surface area contributed by atoms with E-state index in [2.05, 4.69) is 20.8 Å². The van der Waals surface area contributed by atoms with Crippen molar-refractivity contribution in [2.24, 2.45) is 11.1 Å². The number of allylic oxidation sites excluding steroid dienone is 1. The number of carbonyl (C=O) groups is 4. The van der Waals surface area contributed by atoms with Gasteiger partial charge in [0.05, 0.1) is 0 Å². The molecule has 4 aliphatic heterocycles. The molecule has 0 bridgehead atoms. The van der Waals surface area contributed by atoms with Gasteiger partial charge in [-0.3, -0.25) is 19.3 Å². The number of β-lactam (4-membered cyclic amide) rings is 1. The lowest BCUT2D eigenvalue weighted by atomic mass is 9.97. The van der Waals surface area contributed by atoms with Crippen LogP contribution < -0.4 is 16.4 Å². The minimum absolute atomic E-state index is 0.0720. The molecule has 43 heavy (non-hydrogen) atoms. The number of aliphatic carboxylic acids is 1. The van der Waals surface area contributed by atoms with Crippen LogP contribution in [0.3, 0.4) is 0 Å². The Hall–Kier alpha value is -3.43. The molecule has 0 unspecified atom stereocenters. The summed E-state index contributed by atoms with van der Waals surface area (Å²) in [4.78, 5) is 65.0. The maximum atomic E-state index is 13.3. The van der Waals surface area contributed by atoms with E-state index >= 15 is 0 Å². The van der Waals surface area contributed by atoms with Crippen molar-refractivity contribution in [1.29, 1.82) is 0 Å². The SMILES string of the molecule is Nc1nc(/C(=N/OC2CCCC2)C(=O)N[C@@H]2C(=O)N3C(C(=O)O)=C(C=C4CCN(CC5CCNCC5)C4=O)CS[C@H]23)cs1. The van der Waals surface area contributed by atoms with Crippen molar-refractivity contribution in [3.63, 3.8) is 0 Å². The Morgan fingerprint density at radius 3 is 2.70 bits per heavy atom. The number of hydrogen-bond donors (Lipinski definition) is 4. The van der Waals surface area contributed by atoms with Gasteiger partial charge in [0.1, 0.15) is 28.9 Å². The average Bonchev–Trinajstić information content (AvgIpc) is 3.75. The zero-order valence-corrected chi connectivity index (χ0v) is 25.3. The smallest absolute Gasteiger partial charge is 0.352 e. The van der Waals surface area contributed by atoms with E-state index in [-0.39, 0.29) is 40.0 Å². The lowest BCUT2D eigenvalue weighted by molar-refractivity contribution is -0.150. The largest absolute Gasteiger partial charge is 0.477 e. The number of carboxylic acids is 1. The fourth-order valence-corrected chi connectivity index (χ4v) is 8.10. The molecule has 230 valence electrons.